The third kappa shape index (κ3) is 9.47. The van der Waals surface area contributed by atoms with Crippen LogP contribution < -0.4 is 15.4 Å². The largest absolute Gasteiger partial charge is 0.457 e. The highest BCUT2D eigenvalue weighted by molar-refractivity contribution is 7.93. The van der Waals surface area contributed by atoms with Gasteiger partial charge in [-0.1, -0.05) is 97.1 Å². The molecule has 0 bridgehead atoms. The van der Waals surface area contributed by atoms with E-state index in [9.17, 15) is 18.0 Å². The number of sulfone groups is 1. The van der Waals surface area contributed by atoms with Crippen molar-refractivity contribution < 1.29 is 22.7 Å². The van der Waals surface area contributed by atoms with E-state index in [0.717, 1.165) is 22.8 Å². The lowest BCUT2D eigenvalue weighted by Crippen LogP contribution is -2.50. The Hall–Kier alpha value is -4.69. The van der Waals surface area contributed by atoms with Gasteiger partial charge in [-0.3, -0.25) is 9.59 Å². The molecular formula is C33H32N2O5S. The van der Waals surface area contributed by atoms with E-state index >= 15 is 0 Å². The maximum absolute atomic E-state index is 13.7. The molecule has 2 atom stereocenters. The second-order valence-corrected chi connectivity index (χ2v) is 11.5. The van der Waals surface area contributed by atoms with Crippen LogP contribution in [0.25, 0.3) is 0 Å². The predicted octanol–water partition coefficient (Wildman–Crippen LogP) is 5.11. The van der Waals surface area contributed by atoms with E-state index in [1.807, 2.05) is 78.9 Å². The number of carbonyl (C=O) groups excluding carboxylic acids is 2. The molecule has 41 heavy (non-hydrogen) atoms. The number of nitrogens with one attached hydrogen (secondary N) is 2. The standard InChI is InChI=1S/C33H32N2O5S/c1-41(38,39)22-21-27(23-25-13-5-2-6-14-25)34-33(37)30(24-26-15-7-3-8-16-26)35-32(36)29-19-11-12-20-31(29)40-28-17-9-4-10-18-28/h2-22,27,30H,23-24H2,1H3,(H,34,37)(H,35,36)/b22-21+. The van der Waals surface area contributed by atoms with Gasteiger partial charge in [-0.15, -0.1) is 0 Å². The first-order valence-electron chi connectivity index (χ1n) is 13.2. The fraction of sp³-hybridized carbons (Fsp3) is 0.152. The lowest BCUT2D eigenvalue weighted by molar-refractivity contribution is -0.123. The van der Waals surface area contributed by atoms with Gasteiger partial charge in [0.1, 0.15) is 17.5 Å². The van der Waals surface area contributed by atoms with Crippen molar-refractivity contribution in [3.63, 3.8) is 0 Å². The summed E-state index contributed by atoms with van der Waals surface area (Å²) in [7, 11) is -3.42. The number of rotatable bonds is 12. The third-order valence-electron chi connectivity index (χ3n) is 6.19. The smallest absolute Gasteiger partial charge is 0.255 e. The summed E-state index contributed by atoms with van der Waals surface area (Å²) in [5, 5.41) is 6.90. The van der Waals surface area contributed by atoms with Gasteiger partial charge < -0.3 is 15.4 Å². The molecule has 2 unspecified atom stereocenters. The SMILES string of the molecule is CS(=O)(=O)/C=C/C(Cc1ccccc1)NC(=O)C(Cc1ccccc1)NC(=O)c1ccccc1Oc1ccccc1. The predicted molar refractivity (Wildman–Crippen MR) is 160 cm³/mol. The summed E-state index contributed by atoms with van der Waals surface area (Å²) in [6.07, 6.45) is 3.16. The molecule has 4 aromatic carbocycles. The van der Waals surface area contributed by atoms with Crippen molar-refractivity contribution in [3.8, 4) is 11.5 Å². The fourth-order valence-corrected chi connectivity index (χ4v) is 4.68. The molecule has 2 amide bonds. The fourth-order valence-electron chi connectivity index (χ4n) is 4.21. The van der Waals surface area contributed by atoms with Crippen LogP contribution in [0.3, 0.4) is 0 Å². The molecule has 7 nitrogen and oxygen atoms in total. The van der Waals surface area contributed by atoms with Crippen molar-refractivity contribution in [1.29, 1.82) is 0 Å². The molecule has 210 valence electrons. The van der Waals surface area contributed by atoms with E-state index in [2.05, 4.69) is 10.6 Å². The second-order valence-electron chi connectivity index (χ2n) is 9.59. The highest BCUT2D eigenvalue weighted by Crippen LogP contribution is 2.25. The molecule has 0 aliphatic carbocycles. The van der Waals surface area contributed by atoms with Crippen molar-refractivity contribution >= 4 is 21.7 Å². The minimum Gasteiger partial charge on any atom is -0.457 e. The number of hydrogen-bond acceptors (Lipinski definition) is 5. The van der Waals surface area contributed by atoms with Crippen molar-refractivity contribution in [3.05, 3.63) is 143 Å². The highest BCUT2D eigenvalue weighted by Gasteiger charge is 2.25. The van der Waals surface area contributed by atoms with Gasteiger partial charge >= 0.3 is 0 Å². The van der Waals surface area contributed by atoms with Crippen LogP contribution in [0.2, 0.25) is 0 Å². The molecule has 0 radical (unpaired) electrons. The number of benzene rings is 4. The number of ether oxygens (including phenoxy) is 1. The molecule has 0 saturated heterocycles. The van der Waals surface area contributed by atoms with Crippen LogP contribution in [0.15, 0.2) is 127 Å². The van der Waals surface area contributed by atoms with E-state index in [0.29, 0.717) is 17.9 Å². The summed E-state index contributed by atoms with van der Waals surface area (Å²) >= 11 is 0. The molecule has 2 N–H and O–H groups in total. The summed E-state index contributed by atoms with van der Waals surface area (Å²) < 4.78 is 29.7. The molecule has 0 aliphatic heterocycles. The number of para-hydroxylation sites is 2. The normalized spacial score (nSPS) is 12.8. The van der Waals surface area contributed by atoms with Crippen LogP contribution in [-0.2, 0) is 27.5 Å². The Bertz CT molecular complexity index is 1570. The summed E-state index contributed by atoms with van der Waals surface area (Å²) in [5.74, 6) is 0.0162. The monoisotopic (exact) mass is 568 g/mol. The molecule has 8 heteroatoms. The topological polar surface area (TPSA) is 102 Å². The molecule has 0 aromatic heterocycles. The van der Waals surface area contributed by atoms with Gasteiger partial charge in [0.15, 0.2) is 9.84 Å². The van der Waals surface area contributed by atoms with Gasteiger partial charge in [-0.25, -0.2) is 8.42 Å². The molecule has 0 fully saturated rings. The average Bonchev–Trinajstić information content (AvgIpc) is 2.97. The van der Waals surface area contributed by atoms with E-state index in [4.69, 9.17) is 4.74 Å². The van der Waals surface area contributed by atoms with Gasteiger partial charge in [-0.2, -0.15) is 0 Å². The van der Waals surface area contributed by atoms with E-state index in [1.165, 1.54) is 6.08 Å². The molecule has 0 saturated carbocycles. The van der Waals surface area contributed by atoms with Crippen molar-refractivity contribution in [2.24, 2.45) is 0 Å². The minimum absolute atomic E-state index is 0.230. The Morgan fingerprint density at radius 2 is 1.27 bits per heavy atom. The Labute approximate surface area is 240 Å². The van der Waals surface area contributed by atoms with Crippen molar-refractivity contribution in [2.75, 3.05) is 6.26 Å². The van der Waals surface area contributed by atoms with Crippen LogP contribution in [0.4, 0.5) is 0 Å². The number of carbonyl (C=O) groups is 2. The van der Waals surface area contributed by atoms with Gasteiger partial charge in [0.05, 0.1) is 11.6 Å². The van der Waals surface area contributed by atoms with E-state index < -0.39 is 33.7 Å². The van der Waals surface area contributed by atoms with E-state index in [-0.39, 0.29) is 12.0 Å². The zero-order valence-electron chi connectivity index (χ0n) is 22.6. The molecule has 0 aliphatic rings. The van der Waals surface area contributed by atoms with Crippen LogP contribution >= 0.6 is 0 Å². The maximum atomic E-state index is 13.7. The molecule has 0 heterocycles. The Morgan fingerprint density at radius 3 is 1.88 bits per heavy atom. The van der Waals surface area contributed by atoms with Gasteiger partial charge in [-0.05, 0) is 41.8 Å². The Balaban J connectivity index is 1.58. The third-order valence-corrected chi connectivity index (χ3v) is 6.84. The highest BCUT2D eigenvalue weighted by atomic mass is 32.2. The summed E-state index contributed by atoms with van der Waals surface area (Å²) in [4.78, 5) is 27.2. The summed E-state index contributed by atoms with van der Waals surface area (Å²) in [5.41, 5.74) is 2.06. The second kappa shape index (κ2) is 14.1. The van der Waals surface area contributed by atoms with Gasteiger partial charge in [0.25, 0.3) is 5.91 Å². The first-order chi connectivity index (χ1) is 19.8. The van der Waals surface area contributed by atoms with Crippen molar-refractivity contribution in [1.82, 2.24) is 10.6 Å². The minimum atomic E-state index is -3.42. The quantitative estimate of drug-likeness (QED) is 0.248. The number of amides is 2. The average molecular weight is 569 g/mol. The van der Waals surface area contributed by atoms with Crippen molar-refractivity contribution in [2.45, 2.75) is 24.9 Å². The number of hydrogen-bond donors (Lipinski definition) is 2. The maximum Gasteiger partial charge on any atom is 0.255 e. The van der Waals surface area contributed by atoms with Crippen LogP contribution in [-0.4, -0.2) is 38.6 Å². The van der Waals surface area contributed by atoms with Gasteiger partial charge in [0.2, 0.25) is 5.91 Å². The summed E-state index contributed by atoms with van der Waals surface area (Å²) in [6, 6.07) is 33.2. The molecule has 0 spiro atoms. The summed E-state index contributed by atoms with van der Waals surface area (Å²) in [6.45, 7) is 0. The lowest BCUT2D eigenvalue weighted by atomic mass is 10.0. The first kappa shape index (κ1) is 29.3. The zero-order valence-corrected chi connectivity index (χ0v) is 23.5. The van der Waals surface area contributed by atoms with E-state index in [1.54, 1.807) is 36.4 Å². The zero-order chi connectivity index (χ0) is 29.1. The lowest BCUT2D eigenvalue weighted by Gasteiger charge is -2.23. The first-order valence-corrected chi connectivity index (χ1v) is 15.1. The van der Waals surface area contributed by atoms with Crippen LogP contribution in [0.1, 0.15) is 21.5 Å². The van der Waals surface area contributed by atoms with Gasteiger partial charge in [0, 0.05) is 18.1 Å². The Morgan fingerprint density at radius 1 is 0.732 bits per heavy atom. The molecule has 4 aromatic rings. The van der Waals surface area contributed by atoms with Crippen LogP contribution in [0, 0.1) is 0 Å². The Kier molecular flexibility index (Phi) is 10.1. The van der Waals surface area contributed by atoms with Crippen LogP contribution in [0.5, 0.6) is 11.5 Å². The molecular weight excluding hydrogens is 536 g/mol. The molecule has 4 rings (SSSR count).